The lowest BCUT2D eigenvalue weighted by atomic mass is 10.1. The molecule has 0 radical (unpaired) electrons. The lowest BCUT2D eigenvalue weighted by molar-refractivity contribution is -0.119. The number of aryl methyl sites for hydroxylation is 2. The number of rotatable bonds is 5. The van der Waals surface area contributed by atoms with Crippen LogP contribution in [-0.2, 0) is 4.79 Å². The quantitative estimate of drug-likeness (QED) is 0.558. The molecule has 0 saturated carbocycles. The molecule has 1 unspecified atom stereocenters. The molecule has 29 heavy (non-hydrogen) atoms. The van der Waals surface area contributed by atoms with E-state index in [2.05, 4.69) is 31.3 Å². The van der Waals surface area contributed by atoms with Gasteiger partial charge in [-0.2, -0.15) is 5.10 Å². The lowest BCUT2D eigenvalue weighted by Crippen LogP contribution is -2.26. The molecule has 0 bridgehead atoms. The summed E-state index contributed by atoms with van der Waals surface area (Å²) in [6.07, 6.45) is -2.75. The highest BCUT2D eigenvalue weighted by molar-refractivity contribution is 9.10. The van der Waals surface area contributed by atoms with Crippen LogP contribution >= 0.6 is 27.3 Å². The number of halogens is 3. The Morgan fingerprint density at radius 3 is 2.48 bits per heavy atom. The number of amides is 2. The van der Waals surface area contributed by atoms with E-state index in [1.807, 2.05) is 13.8 Å². The molecule has 0 aliphatic carbocycles. The summed E-state index contributed by atoms with van der Waals surface area (Å²) in [4.78, 5) is 29.0. The third kappa shape index (κ3) is 3.76. The third-order valence-corrected chi connectivity index (χ3v) is 6.80. The van der Waals surface area contributed by atoms with Gasteiger partial charge >= 0.3 is 0 Å². The fourth-order valence-corrected chi connectivity index (χ4v) is 4.40. The fraction of sp³-hybridized carbons (Fsp3) is 0.333. The van der Waals surface area contributed by atoms with Crippen LogP contribution in [0.15, 0.2) is 10.5 Å². The predicted molar refractivity (Wildman–Crippen MR) is 111 cm³/mol. The molecule has 3 aromatic rings. The van der Waals surface area contributed by atoms with Crippen molar-refractivity contribution in [2.24, 2.45) is 5.73 Å². The van der Waals surface area contributed by atoms with Gasteiger partial charge in [0.1, 0.15) is 21.4 Å². The number of fused-ring (bicyclic) bond motifs is 1. The van der Waals surface area contributed by atoms with Gasteiger partial charge in [-0.25, -0.2) is 13.8 Å². The molecule has 7 nitrogen and oxygen atoms in total. The van der Waals surface area contributed by atoms with E-state index in [9.17, 15) is 18.4 Å². The van der Waals surface area contributed by atoms with E-state index in [0.717, 1.165) is 27.2 Å². The summed E-state index contributed by atoms with van der Waals surface area (Å²) in [7, 11) is 0. The van der Waals surface area contributed by atoms with Crippen molar-refractivity contribution in [1.82, 2.24) is 14.8 Å². The Bertz CT molecular complexity index is 1140. The van der Waals surface area contributed by atoms with E-state index in [4.69, 9.17) is 5.73 Å². The number of carbonyl (C=O) groups is 2. The van der Waals surface area contributed by atoms with E-state index < -0.39 is 30.0 Å². The van der Waals surface area contributed by atoms with Gasteiger partial charge < -0.3 is 11.1 Å². The number of carbonyl (C=O) groups excluding carboxylic acids is 2. The summed E-state index contributed by atoms with van der Waals surface area (Å²) >= 11 is 4.30. The third-order valence-electron chi connectivity index (χ3n) is 4.56. The van der Waals surface area contributed by atoms with Crippen molar-refractivity contribution >= 4 is 55.0 Å². The number of pyridine rings is 1. The number of hydrogen-bond donors (Lipinski definition) is 2. The zero-order valence-electron chi connectivity index (χ0n) is 16.0. The number of thiophene rings is 1. The van der Waals surface area contributed by atoms with Crippen molar-refractivity contribution in [2.75, 3.05) is 5.32 Å². The Morgan fingerprint density at radius 2 is 1.97 bits per heavy atom. The molecular formula is C18H18BrF2N5O2S. The molecule has 3 heterocycles. The maximum absolute atomic E-state index is 13.1. The van der Waals surface area contributed by atoms with Gasteiger partial charge in [-0.3, -0.25) is 14.3 Å². The second-order valence-electron chi connectivity index (χ2n) is 6.61. The molecule has 0 aliphatic rings. The molecule has 1 atom stereocenters. The molecule has 0 aliphatic heterocycles. The first-order chi connectivity index (χ1) is 13.5. The van der Waals surface area contributed by atoms with Gasteiger partial charge in [0.2, 0.25) is 5.91 Å². The maximum atomic E-state index is 13.1. The number of nitrogens with two attached hydrogens (primary N) is 1. The second kappa shape index (κ2) is 7.79. The van der Waals surface area contributed by atoms with Gasteiger partial charge in [-0.05, 0) is 55.3 Å². The van der Waals surface area contributed by atoms with Gasteiger partial charge in [0.15, 0.2) is 0 Å². The van der Waals surface area contributed by atoms with Crippen LogP contribution in [0.4, 0.5) is 14.5 Å². The minimum absolute atomic E-state index is 0.0529. The highest BCUT2D eigenvalue weighted by atomic mass is 79.9. The number of anilines is 1. The zero-order valence-corrected chi connectivity index (χ0v) is 18.4. The summed E-state index contributed by atoms with van der Waals surface area (Å²) in [5, 5.41) is 7.50. The SMILES string of the molecule is Cc1nn(C(C)C(=O)Nc2c(C(N)=O)sc3nc(C(F)F)cc(C)c23)c(C)c1Br. The van der Waals surface area contributed by atoms with Crippen LogP contribution in [0.1, 0.15) is 51.7 Å². The van der Waals surface area contributed by atoms with Crippen LogP contribution in [0.3, 0.4) is 0 Å². The van der Waals surface area contributed by atoms with Crippen molar-refractivity contribution in [3.8, 4) is 0 Å². The second-order valence-corrected chi connectivity index (χ2v) is 8.40. The predicted octanol–water partition coefficient (Wildman–Crippen LogP) is 4.42. The van der Waals surface area contributed by atoms with Crippen molar-refractivity contribution in [2.45, 2.75) is 40.2 Å². The maximum Gasteiger partial charge on any atom is 0.280 e. The molecule has 11 heteroatoms. The normalized spacial score (nSPS) is 12.6. The molecule has 2 amide bonds. The largest absolute Gasteiger partial charge is 0.365 e. The summed E-state index contributed by atoms with van der Waals surface area (Å²) < 4.78 is 28.5. The monoisotopic (exact) mass is 485 g/mol. The first kappa shape index (κ1) is 21.3. The van der Waals surface area contributed by atoms with Gasteiger partial charge in [0.05, 0.1) is 21.5 Å². The van der Waals surface area contributed by atoms with Crippen molar-refractivity contribution < 1.29 is 18.4 Å². The number of primary amides is 1. The summed E-state index contributed by atoms with van der Waals surface area (Å²) in [6, 6.07) is 0.547. The Hall–Kier alpha value is -2.40. The van der Waals surface area contributed by atoms with Crippen LogP contribution in [0.5, 0.6) is 0 Å². The minimum Gasteiger partial charge on any atom is -0.365 e. The minimum atomic E-state index is -2.75. The van der Waals surface area contributed by atoms with E-state index in [1.165, 1.54) is 6.07 Å². The zero-order chi connectivity index (χ0) is 21.6. The summed E-state index contributed by atoms with van der Waals surface area (Å²) in [6.45, 7) is 6.92. The van der Waals surface area contributed by atoms with Crippen molar-refractivity contribution in [3.63, 3.8) is 0 Å². The van der Waals surface area contributed by atoms with E-state index in [0.29, 0.717) is 10.9 Å². The van der Waals surface area contributed by atoms with Gasteiger partial charge in [-0.1, -0.05) is 0 Å². The highest BCUT2D eigenvalue weighted by Crippen LogP contribution is 2.38. The molecule has 3 N–H and O–H groups in total. The van der Waals surface area contributed by atoms with Crippen molar-refractivity contribution in [3.05, 3.63) is 38.1 Å². The summed E-state index contributed by atoms with van der Waals surface area (Å²) in [5.74, 6) is -1.20. The molecule has 154 valence electrons. The Balaban J connectivity index is 2.06. The Morgan fingerprint density at radius 1 is 1.31 bits per heavy atom. The Kier molecular flexibility index (Phi) is 5.72. The van der Waals surface area contributed by atoms with Crippen molar-refractivity contribution in [1.29, 1.82) is 0 Å². The topological polar surface area (TPSA) is 103 Å². The molecule has 3 aromatic heterocycles. The van der Waals surface area contributed by atoms with Crippen LogP contribution in [-0.4, -0.2) is 26.6 Å². The highest BCUT2D eigenvalue weighted by Gasteiger charge is 2.26. The van der Waals surface area contributed by atoms with Gasteiger partial charge in [0.25, 0.3) is 12.3 Å². The smallest absolute Gasteiger partial charge is 0.280 e. The van der Waals surface area contributed by atoms with Crippen LogP contribution in [0, 0.1) is 20.8 Å². The van der Waals surface area contributed by atoms with Gasteiger partial charge in [-0.15, -0.1) is 11.3 Å². The number of nitrogens with zero attached hydrogens (tertiary/aromatic N) is 3. The first-order valence-electron chi connectivity index (χ1n) is 8.57. The van der Waals surface area contributed by atoms with Crippen LogP contribution in [0.2, 0.25) is 0 Å². The summed E-state index contributed by atoms with van der Waals surface area (Å²) in [5.41, 5.74) is 7.21. The van der Waals surface area contributed by atoms with Gasteiger partial charge in [0, 0.05) is 5.39 Å². The number of hydrogen-bond acceptors (Lipinski definition) is 5. The molecule has 0 spiro atoms. The average Bonchev–Trinajstić information content (AvgIpc) is 3.14. The molecular weight excluding hydrogens is 468 g/mol. The number of nitrogens with one attached hydrogen (secondary N) is 1. The van der Waals surface area contributed by atoms with E-state index >= 15 is 0 Å². The average molecular weight is 486 g/mol. The lowest BCUT2D eigenvalue weighted by Gasteiger charge is -2.15. The number of alkyl halides is 2. The van der Waals surface area contributed by atoms with E-state index in [-0.39, 0.29) is 15.4 Å². The van der Waals surface area contributed by atoms with Crippen LogP contribution < -0.4 is 11.1 Å². The molecule has 0 fully saturated rings. The molecule has 0 aromatic carbocycles. The Labute approximate surface area is 177 Å². The number of aromatic nitrogens is 3. The molecule has 3 rings (SSSR count). The first-order valence-corrected chi connectivity index (χ1v) is 10.2. The molecule has 0 saturated heterocycles. The van der Waals surface area contributed by atoms with E-state index in [1.54, 1.807) is 18.5 Å². The van der Waals surface area contributed by atoms with Crippen LogP contribution in [0.25, 0.3) is 10.2 Å². The standard InChI is InChI=1S/C18H18BrF2N5O2S/c1-6-5-10(15(20)21)23-18-11(6)13(14(29-18)16(22)27)24-17(28)9(4)26-8(3)12(19)7(2)25-26/h5,9,15H,1-4H3,(H2,22,27)(H,24,28). The fourth-order valence-electron chi connectivity index (χ4n) is 3.07.